The number of hydrogen-bond donors (Lipinski definition) is 0. The first-order chi connectivity index (χ1) is 12.8. The van der Waals surface area contributed by atoms with Crippen LogP contribution in [0, 0.1) is 5.92 Å². The molecule has 26 heavy (non-hydrogen) atoms. The van der Waals surface area contributed by atoms with Crippen LogP contribution in [0.25, 0.3) is 0 Å². The summed E-state index contributed by atoms with van der Waals surface area (Å²) in [5, 5.41) is 0. The number of aldehydes is 1. The SMILES string of the molecule is CCCCCCCCCCCCCCCCC(C=O)CCCCCCCl. The van der Waals surface area contributed by atoms with Crippen LogP contribution in [0.4, 0.5) is 0 Å². The highest BCUT2D eigenvalue weighted by Crippen LogP contribution is 2.18. The summed E-state index contributed by atoms with van der Waals surface area (Å²) in [6.45, 7) is 2.28. The summed E-state index contributed by atoms with van der Waals surface area (Å²) < 4.78 is 0. The van der Waals surface area contributed by atoms with Crippen molar-refractivity contribution in [1.82, 2.24) is 0 Å². The monoisotopic (exact) mass is 386 g/mol. The maximum Gasteiger partial charge on any atom is 0.123 e. The molecule has 0 saturated heterocycles. The smallest absolute Gasteiger partial charge is 0.123 e. The summed E-state index contributed by atoms with van der Waals surface area (Å²) in [7, 11) is 0. The van der Waals surface area contributed by atoms with E-state index in [1.807, 2.05) is 0 Å². The highest BCUT2D eigenvalue weighted by Gasteiger charge is 2.06. The highest BCUT2D eigenvalue weighted by molar-refractivity contribution is 6.17. The molecule has 0 saturated carbocycles. The summed E-state index contributed by atoms with van der Waals surface area (Å²) in [5.41, 5.74) is 0. The number of carbonyl (C=O) groups is 1. The molecule has 0 amide bonds. The fraction of sp³-hybridized carbons (Fsp3) is 0.958. The molecule has 0 bridgehead atoms. The van der Waals surface area contributed by atoms with Gasteiger partial charge in [0.2, 0.25) is 0 Å². The van der Waals surface area contributed by atoms with Gasteiger partial charge in [0.25, 0.3) is 0 Å². The number of unbranched alkanes of at least 4 members (excludes halogenated alkanes) is 16. The summed E-state index contributed by atoms with van der Waals surface area (Å²) in [6.07, 6.45) is 27.7. The van der Waals surface area contributed by atoms with Gasteiger partial charge in [0.05, 0.1) is 0 Å². The molecule has 0 aromatic heterocycles. The van der Waals surface area contributed by atoms with Crippen molar-refractivity contribution >= 4 is 17.9 Å². The first kappa shape index (κ1) is 26.0. The van der Waals surface area contributed by atoms with E-state index in [9.17, 15) is 4.79 Å². The molecule has 0 fully saturated rings. The zero-order valence-electron chi connectivity index (χ0n) is 17.8. The molecule has 0 N–H and O–H groups in total. The van der Waals surface area contributed by atoms with Gasteiger partial charge >= 0.3 is 0 Å². The lowest BCUT2D eigenvalue weighted by molar-refractivity contribution is -0.111. The number of carbonyl (C=O) groups excluding carboxylic acids is 1. The molecular formula is C24H47ClO. The van der Waals surface area contributed by atoms with E-state index in [1.165, 1.54) is 115 Å². The number of alkyl halides is 1. The summed E-state index contributed by atoms with van der Waals surface area (Å²) in [5.74, 6) is 1.08. The molecule has 0 heterocycles. The number of rotatable bonds is 22. The standard InChI is InChI=1S/C24H47ClO/c1-2-3-4-5-6-7-8-9-10-11-12-13-14-17-20-24(23-26)21-18-15-16-19-22-25/h23-24H,2-22H2,1H3. The lowest BCUT2D eigenvalue weighted by atomic mass is 9.95. The van der Waals surface area contributed by atoms with Crippen LogP contribution in [-0.2, 0) is 4.79 Å². The van der Waals surface area contributed by atoms with E-state index in [-0.39, 0.29) is 0 Å². The third-order valence-corrected chi connectivity index (χ3v) is 5.85. The predicted octanol–water partition coefficient (Wildman–Crippen LogP) is 8.86. The lowest BCUT2D eigenvalue weighted by Gasteiger charge is -2.10. The van der Waals surface area contributed by atoms with Gasteiger partial charge in [-0.1, -0.05) is 116 Å². The van der Waals surface area contributed by atoms with Gasteiger partial charge in [-0.05, 0) is 19.3 Å². The van der Waals surface area contributed by atoms with Gasteiger partial charge in [-0.15, -0.1) is 11.6 Å². The molecule has 1 nitrogen and oxygen atoms in total. The molecule has 0 radical (unpaired) electrons. The van der Waals surface area contributed by atoms with Gasteiger partial charge in [-0.25, -0.2) is 0 Å². The van der Waals surface area contributed by atoms with Crippen molar-refractivity contribution in [2.24, 2.45) is 5.92 Å². The van der Waals surface area contributed by atoms with Crippen molar-refractivity contribution in [2.75, 3.05) is 5.88 Å². The zero-order valence-corrected chi connectivity index (χ0v) is 18.5. The molecule has 0 aliphatic carbocycles. The average Bonchev–Trinajstić information content (AvgIpc) is 2.66. The third kappa shape index (κ3) is 20.3. The molecule has 0 spiro atoms. The van der Waals surface area contributed by atoms with E-state index in [2.05, 4.69) is 6.92 Å². The van der Waals surface area contributed by atoms with Gasteiger partial charge < -0.3 is 4.79 Å². The molecule has 156 valence electrons. The van der Waals surface area contributed by atoms with E-state index in [0.29, 0.717) is 5.92 Å². The van der Waals surface area contributed by atoms with E-state index < -0.39 is 0 Å². The van der Waals surface area contributed by atoms with Gasteiger partial charge in [0.15, 0.2) is 0 Å². The third-order valence-electron chi connectivity index (χ3n) is 5.58. The van der Waals surface area contributed by atoms with E-state index >= 15 is 0 Å². The molecular weight excluding hydrogens is 340 g/mol. The van der Waals surface area contributed by atoms with Crippen molar-refractivity contribution in [3.8, 4) is 0 Å². The fourth-order valence-corrected chi connectivity index (χ4v) is 3.93. The molecule has 0 aliphatic rings. The molecule has 0 aromatic carbocycles. The van der Waals surface area contributed by atoms with Gasteiger partial charge in [0, 0.05) is 11.8 Å². The number of halogens is 1. The van der Waals surface area contributed by atoms with Gasteiger partial charge in [-0.2, -0.15) is 0 Å². The Morgan fingerprint density at radius 2 is 0.923 bits per heavy atom. The Hall–Kier alpha value is -0.0400. The predicted molar refractivity (Wildman–Crippen MR) is 118 cm³/mol. The van der Waals surface area contributed by atoms with Crippen molar-refractivity contribution in [3.05, 3.63) is 0 Å². The van der Waals surface area contributed by atoms with E-state index in [4.69, 9.17) is 11.6 Å². The molecule has 0 rings (SSSR count). The Morgan fingerprint density at radius 1 is 0.577 bits per heavy atom. The Kier molecular flexibility index (Phi) is 23.0. The summed E-state index contributed by atoms with van der Waals surface area (Å²) in [6, 6.07) is 0. The molecule has 1 unspecified atom stereocenters. The Morgan fingerprint density at radius 3 is 1.27 bits per heavy atom. The largest absolute Gasteiger partial charge is 0.303 e. The maximum atomic E-state index is 11.2. The first-order valence-corrected chi connectivity index (χ1v) is 12.4. The minimum absolute atomic E-state index is 0.309. The van der Waals surface area contributed by atoms with Crippen LogP contribution in [-0.4, -0.2) is 12.2 Å². The Balaban J connectivity index is 3.22. The van der Waals surface area contributed by atoms with Crippen LogP contribution < -0.4 is 0 Å². The van der Waals surface area contributed by atoms with Gasteiger partial charge in [-0.3, -0.25) is 0 Å². The second-order valence-corrected chi connectivity index (χ2v) is 8.55. The number of hydrogen-bond acceptors (Lipinski definition) is 1. The van der Waals surface area contributed by atoms with Crippen LogP contribution in [0.5, 0.6) is 0 Å². The lowest BCUT2D eigenvalue weighted by Crippen LogP contribution is -2.02. The minimum Gasteiger partial charge on any atom is -0.303 e. The molecule has 0 aromatic rings. The van der Waals surface area contributed by atoms with Crippen LogP contribution in [0.2, 0.25) is 0 Å². The Labute approximate surface area is 170 Å². The van der Waals surface area contributed by atoms with Crippen LogP contribution in [0.3, 0.4) is 0 Å². The normalized spacial score (nSPS) is 12.4. The van der Waals surface area contributed by atoms with Crippen molar-refractivity contribution in [3.63, 3.8) is 0 Å². The van der Waals surface area contributed by atoms with Gasteiger partial charge in [0.1, 0.15) is 6.29 Å². The summed E-state index contributed by atoms with van der Waals surface area (Å²) >= 11 is 5.69. The summed E-state index contributed by atoms with van der Waals surface area (Å²) in [4.78, 5) is 11.2. The van der Waals surface area contributed by atoms with Crippen molar-refractivity contribution in [1.29, 1.82) is 0 Å². The van der Waals surface area contributed by atoms with Crippen molar-refractivity contribution in [2.45, 2.75) is 135 Å². The Bertz CT molecular complexity index is 267. The van der Waals surface area contributed by atoms with Crippen LogP contribution in [0.15, 0.2) is 0 Å². The van der Waals surface area contributed by atoms with Crippen LogP contribution in [0.1, 0.15) is 135 Å². The molecule has 2 heteroatoms. The van der Waals surface area contributed by atoms with Crippen LogP contribution >= 0.6 is 11.6 Å². The van der Waals surface area contributed by atoms with Crippen molar-refractivity contribution < 1.29 is 4.79 Å². The minimum atomic E-state index is 0.309. The second kappa shape index (κ2) is 23.0. The second-order valence-electron chi connectivity index (χ2n) is 8.17. The average molecular weight is 387 g/mol. The maximum absolute atomic E-state index is 11.2. The fourth-order valence-electron chi connectivity index (χ4n) is 3.74. The van der Waals surface area contributed by atoms with E-state index in [0.717, 1.165) is 25.1 Å². The molecule has 0 aliphatic heterocycles. The van der Waals surface area contributed by atoms with E-state index in [1.54, 1.807) is 0 Å². The first-order valence-electron chi connectivity index (χ1n) is 11.9. The highest BCUT2D eigenvalue weighted by atomic mass is 35.5. The quantitative estimate of drug-likeness (QED) is 0.103. The topological polar surface area (TPSA) is 17.1 Å². The zero-order chi connectivity index (χ0) is 19.1. The molecule has 1 atom stereocenters.